The van der Waals surface area contributed by atoms with Crippen LogP contribution in [0.4, 0.5) is 18.9 Å². The quantitative estimate of drug-likeness (QED) is 0.890. The average molecular weight is 306 g/mol. The zero-order valence-electron chi connectivity index (χ0n) is 11.9. The molecular weight excluding hydrogens is 289 g/mol. The van der Waals surface area contributed by atoms with Gasteiger partial charge in [-0.1, -0.05) is 0 Å². The van der Waals surface area contributed by atoms with Crippen molar-refractivity contribution in [3.8, 4) is 0 Å². The van der Waals surface area contributed by atoms with Crippen molar-refractivity contribution in [2.24, 2.45) is 7.05 Å². The van der Waals surface area contributed by atoms with Gasteiger partial charge in [0, 0.05) is 27.3 Å². The zero-order chi connectivity index (χ0) is 16.4. The van der Waals surface area contributed by atoms with Gasteiger partial charge in [0.1, 0.15) is 18.8 Å². The second-order valence-corrected chi connectivity index (χ2v) is 4.83. The molecule has 9 heteroatoms. The van der Waals surface area contributed by atoms with Gasteiger partial charge < -0.3 is 20.1 Å². The van der Waals surface area contributed by atoms with E-state index in [1.807, 2.05) is 0 Å². The Morgan fingerprint density at radius 3 is 2.29 bits per heavy atom. The number of amides is 2. The number of hydrogen-bond donors (Lipinski definition) is 1. The van der Waals surface area contributed by atoms with Gasteiger partial charge in [-0.25, -0.2) is 0 Å². The summed E-state index contributed by atoms with van der Waals surface area (Å²) in [4.78, 5) is 25.4. The summed E-state index contributed by atoms with van der Waals surface area (Å²) in [5.74, 6) is -1.50. The molecule has 0 fully saturated rings. The predicted molar refractivity (Wildman–Crippen MR) is 70.5 cm³/mol. The minimum Gasteiger partial charge on any atom is -0.397 e. The fourth-order valence-electron chi connectivity index (χ4n) is 1.69. The largest absolute Gasteiger partial charge is 0.406 e. The first-order valence-corrected chi connectivity index (χ1v) is 5.99. The summed E-state index contributed by atoms with van der Waals surface area (Å²) >= 11 is 0. The number of anilines is 1. The van der Waals surface area contributed by atoms with Crippen LogP contribution < -0.4 is 5.73 Å². The van der Waals surface area contributed by atoms with Crippen molar-refractivity contribution >= 4 is 17.5 Å². The SMILES string of the molecule is CN(C)C(=O)CN(CC(F)(F)F)C(=O)c1cc(N)cn1C. The summed E-state index contributed by atoms with van der Waals surface area (Å²) in [6.45, 7) is -2.16. The fourth-order valence-corrected chi connectivity index (χ4v) is 1.69. The zero-order valence-corrected chi connectivity index (χ0v) is 11.9. The number of carbonyl (C=O) groups excluding carboxylic acids is 2. The third-order valence-electron chi connectivity index (χ3n) is 2.73. The van der Waals surface area contributed by atoms with Crippen LogP contribution in [0.15, 0.2) is 12.3 Å². The van der Waals surface area contributed by atoms with Crippen molar-refractivity contribution in [1.82, 2.24) is 14.4 Å². The highest BCUT2D eigenvalue weighted by Gasteiger charge is 2.35. The molecule has 0 aliphatic rings. The first-order chi connectivity index (χ1) is 9.51. The Hall–Kier alpha value is -2.19. The Kier molecular flexibility index (Phi) is 4.87. The lowest BCUT2D eigenvalue weighted by atomic mass is 10.3. The summed E-state index contributed by atoms with van der Waals surface area (Å²) < 4.78 is 39.1. The summed E-state index contributed by atoms with van der Waals surface area (Å²) in [5.41, 5.74) is 5.75. The molecule has 0 radical (unpaired) electrons. The number of nitrogens with zero attached hydrogens (tertiary/aromatic N) is 3. The highest BCUT2D eigenvalue weighted by molar-refractivity contribution is 5.96. The first-order valence-electron chi connectivity index (χ1n) is 5.99. The molecule has 1 heterocycles. The number of aryl methyl sites for hydroxylation is 1. The van der Waals surface area contributed by atoms with Crippen molar-refractivity contribution in [2.75, 3.05) is 32.9 Å². The normalized spacial score (nSPS) is 11.3. The van der Waals surface area contributed by atoms with Crippen LogP contribution in [0.3, 0.4) is 0 Å². The third-order valence-corrected chi connectivity index (χ3v) is 2.73. The van der Waals surface area contributed by atoms with Crippen LogP contribution in [-0.2, 0) is 11.8 Å². The predicted octanol–water partition coefficient (Wildman–Crippen LogP) is 0.700. The Balaban J connectivity index is 3.02. The highest BCUT2D eigenvalue weighted by Crippen LogP contribution is 2.19. The summed E-state index contributed by atoms with van der Waals surface area (Å²) in [5, 5.41) is 0. The maximum Gasteiger partial charge on any atom is 0.406 e. The van der Waals surface area contributed by atoms with Gasteiger partial charge >= 0.3 is 6.18 Å². The highest BCUT2D eigenvalue weighted by atomic mass is 19.4. The van der Waals surface area contributed by atoms with E-state index in [1.165, 1.54) is 38.0 Å². The molecule has 1 aromatic heterocycles. The van der Waals surface area contributed by atoms with E-state index in [4.69, 9.17) is 5.73 Å². The molecular formula is C12H17F3N4O2. The van der Waals surface area contributed by atoms with E-state index in [0.717, 1.165) is 4.90 Å². The van der Waals surface area contributed by atoms with E-state index in [9.17, 15) is 22.8 Å². The van der Waals surface area contributed by atoms with Crippen LogP contribution in [0.1, 0.15) is 10.5 Å². The number of aromatic nitrogens is 1. The number of nitrogens with two attached hydrogens (primary N) is 1. The molecule has 2 N–H and O–H groups in total. The minimum absolute atomic E-state index is 0.0108. The van der Waals surface area contributed by atoms with Crippen molar-refractivity contribution < 1.29 is 22.8 Å². The lowest BCUT2D eigenvalue weighted by Gasteiger charge is -2.25. The number of rotatable bonds is 4. The van der Waals surface area contributed by atoms with E-state index in [-0.39, 0.29) is 11.4 Å². The van der Waals surface area contributed by atoms with Crippen LogP contribution in [0, 0.1) is 0 Å². The third kappa shape index (κ3) is 4.69. The Bertz CT molecular complexity index is 537. The lowest BCUT2D eigenvalue weighted by Crippen LogP contribution is -2.45. The molecule has 2 amide bonds. The second-order valence-electron chi connectivity index (χ2n) is 4.83. The van der Waals surface area contributed by atoms with Crippen molar-refractivity contribution in [3.63, 3.8) is 0 Å². The molecule has 6 nitrogen and oxygen atoms in total. The molecule has 0 aliphatic heterocycles. The van der Waals surface area contributed by atoms with E-state index in [1.54, 1.807) is 0 Å². The maximum atomic E-state index is 12.6. The molecule has 0 bridgehead atoms. The summed E-state index contributed by atoms with van der Waals surface area (Å²) in [7, 11) is 4.29. The smallest absolute Gasteiger partial charge is 0.397 e. The van der Waals surface area contributed by atoms with Crippen LogP contribution in [-0.4, -0.2) is 59.5 Å². The molecule has 21 heavy (non-hydrogen) atoms. The maximum absolute atomic E-state index is 12.6. The fraction of sp³-hybridized carbons (Fsp3) is 0.500. The molecule has 0 saturated heterocycles. The average Bonchev–Trinajstić information content (AvgIpc) is 2.64. The monoisotopic (exact) mass is 306 g/mol. The Morgan fingerprint density at radius 2 is 1.90 bits per heavy atom. The van der Waals surface area contributed by atoms with Gasteiger partial charge in [0.05, 0.1) is 5.69 Å². The summed E-state index contributed by atoms with van der Waals surface area (Å²) in [6.07, 6.45) is -3.19. The molecule has 118 valence electrons. The number of hydrogen-bond acceptors (Lipinski definition) is 3. The van der Waals surface area contributed by atoms with Gasteiger partial charge in [-0.2, -0.15) is 13.2 Å². The van der Waals surface area contributed by atoms with Crippen LogP contribution in [0.5, 0.6) is 0 Å². The van der Waals surface area contributed by atoms with E-state index in [0.29, 0.717) is 4.90 Å². The van der Waals surface area contributed by atoms with Crippen LogP contribution in [0.2, 0.25) is 0 Å². The summed E-state index contributed by atoms with van der Waals surface area (Å²) in [6, 6.07) is 1.27. The van der Waals surface area contributed by atoms with E-state index < -0.39 is 31.1 Å². The molecule has 0 unspecified atom stereocenters. The lowest BCUT2D eigenvalue weighted by molar-refractivity contribution is -0.146. The Labute approximate surface area is 119 Å². The van der Waals surface area contributed by atoms with Crippen LogP contribution >= 0.6 is 0 Å². The molecule has 1 rings (SSSR count). The molecule has 0 spiro atoms. The molecule has 0 saturated carbocycles. The first kappa shape index (κ1) is 16.9. The van der Waals surface area contributed by atoms with Crippen molar-refractivity contribution in [1.29, 1.82) is 0 Å². The van der Waals surface area contributed by atoms with E-state index >= 15 is 0 Å². The molecule has 0 aromatic carbocycles. The van der Waals surface area contributed by atoms with Gasteiger partial charge in [-0.15, -0.1) is 0 Å². The van der Waals surface area contributed by atoms with Crippen LogP contribution in [0.25, 0.3) is 0 Å². The van der Waals surface area contributed by atoms with Gasteiger partial charge in [0.15, 0.2) is 0 Å². The van der Waals surface area contributed by atoms with Gasteiger partial charge in [-0.05, 0) is 6.07 Å². The van der Waals surface area contributed by atoms with Gasteiger partial charge in [0.2, 0.25) is 5.91 Å². The minimum atomic E-state index is -4.60. The molecule has 0 atom stereocenters. The molecule has 0 aliphatic carbocycles. The molecule has 1 aromatic rings. The Morgan fingerprint density at radius 1 is 1.33 bits per heavy atom. The van der Waals surface area contributed by atoms with Crippen molar-refractivity contribution in [2.45, 2.75) is 6.18 Å². The second kappa shape index (κ2) is 6.06. The topological polar surface area (TPSA) is 71.6 Å². The number of halogens is 3. The van der Waals surface area contributed by atoms with Crippen molar-refractivity contribution in [3.05, 3.63) is 18.0 Å². The van der Waals surface area contributed by atoms with Gasteiger partial charge in [0.25, 0.3) is 5.91 Å². The number of likely N-dealkylation sites (N-methyl/N-ethyl adjacent to an activating group) is 1. The number of carbonyl (C=O) groups is 2. The standard InChI is InChI=1S/C12H17F3N4O2/c1-17(2)10(20)6-19(7-12(13,14)15)11(21)9-4-8(16)5-18(9)3/h4-5H,6-7,16H2,1-3H3. The number of nitrogen functional groups attached to an aromatic ring is 1. The number of alkyl halides is 3. The van der Waals surface area contributed by atoms with E-state index in [2.05, 4.69) is 0 Å². The van der Waals surface area contributed by atoms with Gasteiger partial charge in [-0.3, -0.25) is 9.59 Å².